The van der Waals surface area contributed by atoms with Crippen LogP contribution in [0.3, 0.4) is 0 Å². The number of nitrogen functional groups attached to an aromatic ring is 1. The van der Waals surface area contributed by atoms with Gasteiger partial charge in [-0.3, -0.25) is 4.79 Å². The van der Waals surface area contributed by atoms with Gasteiger partial charge in [-0.15, -0.1) is 10.2 Å². The highest BCUT2D eigenvalue weighted by atomic mass is 32.2. The van der Waals surface area contributed by atoms with Crippen LogP contribution in [0, 0.1) is 13.8 Å². The molecule has 0 aliphatic rings. The maximum absolute atomic E-state index is 11.6. The van der Waals surface area contributed by atoms with E-state index in [-0.39, 0.29) is 11.7 Å². The molecule has 2 aromatic heterocycles. The first-order valence-electron chi connectivity index (χ1n) is 6.65. The van der Waals surface area contributed by atoms with Gasteiger partial charge < -0.3 is 15.9 Å². The summed E-state index contributed by atoms with van der Waals surface area (Å²) >= 11 is 1.21. The molecule has 0 atom stereocenters. The minimum absolute atomic E-state index is 0.113. The maximum atomic E-state index is 11.6. The van der Waals surface area contributed by atoms with Crippen LogP contribution in [0.1, 0.15) is 11.4 Å². The average molecular weight is 325 g/mol. The summed E-state index contributed by atoms with van der Waals surface area (Å²) < 4.78 is 7.80. The average Bonchev–Trinajstić information content (AvgIpc) is 2.99. The highest BCUT2D eigenvalue weighted by Gasteiger charge is 2.15. The molecule has 0 aromatic carbocycles. The number of nitrogens with one attached hydrogen (secondary N) is 1. The van der Waals surface area contributed by atoms with E-state index >= 15 is 0 Å². The van der Waals surface area contributed by atoms with Gasteiger partial charge in [0.1, 0.15) is 0 Å². The molecule has 0 saturated carbocycles. The lowest BCUT2D eigenvalue weighted by atomic mass is 10.4. The topological polar surface area (TPSA) is 113 Å². The van der Waals surface area contributed by atoms with Gasteiger partial charge in [0.25, 0.3) is 5.95 Å². The normalized spacial score (nSPS) is 10.9. The molecule has 0 unspecified atom stereocenters. The zero-order valence-electron chi connectivity index (χ0n) is 12.7. The number of thioether (sulfide) groups is 1. The number of carbonyl (C=O) groups excluding carboxylic acids is 1. The number of ether oxygens (including phenoxy) is 1. The number of hydrogen-bond acceptors (Lipinski definition) is 7. The van der Waals surface area contributed by atoms with Crippen LogP contribution < -0.4 is 11.2 Å². The second kappa shape index (κ2) is 7.27. The number of aryl methyl sites for hydroxylation is 2. The van der Waals surface area contributed by atoms with Gasteiger partial charge in [-0.2, -0.15) is 5.10 Å². The number of hydrogen-bond donors (Lipinski definition) is 2. The Kier molecular flexibility index (Phi) is 5.39. The van der Waals surface area contributed by atoms with E-state index in [9.17, 15) is 4.79 Å². The van der Waals surface area contributed by atoms with E-state index in [0.717, 1.165) is 11.4 Å². The van der Waals surface area contributed by atoms with E-state index in [1.165, 1.54) is 16.4 Å². The third-order valence-corrected chi connectivity index (χ3v) is 3.75. The Morgan fingerprint density at radius 1 is 1.45 bits per heavy atom. The van der Waals surface area contributed by atoms with Crippen LogP contribution in [0.25, 0.3) is 5.95 Å². The number of aromatic nitrogens is 5. The highest BCUT2D eigenvalue weighted by Crippen LogP contribution is 2.17. The lowest BCUT2D eigenvalue weighted by molar-refractivity contribution is -0.118. The minimum Gasteiger partial charge on any atom is -0.383 e. The number of nitrogens with two attached hydrogens (primary N) is 1. The van der Waals surface area contributed by atoms with Gasteiger partial charge in [-0.25, -0.2) is 9.36 Å². The third-order valence-electron chi connectivity index (χ3n) is 2.81. The second-order valence-corrected chi connectivity index (χ2v) is 5.57. The van der Waals surface area contributed by atoms with Gasteiger partial charge in [0.05, 0.1) is 18.1 Å². The number of methoxy groups -OCH3 is 1. The predicted octanol–water partition coefficient (Wildman–Crippen LogP) is -0.351. The van der Waals surface area contributed by atoms with Gasteiger partial charge in [0, 0.05) is 19.3 Å². The second-order valence-electron chi connectivity index (χ2n) is 4.62. The Balaban J connectivity index is 1.99. The molecular formula is C12H19N7O2S. The molecule has 0 radical (unpaired) electrons. The Labute approximate surface area is 132 Å². The lowest BCUT2D eigenvalue weighted by Crippen LogP contribution is -2.28. The standard InChI is InChI=1S/C12H19N7O2S/c1-8-6-9(2)19(17-8)11-15-16-12(18(11)13)22-7-10(20)14-4-5-21-3/h6H,4-5,7,13H2,1-3H3,(H,14,20). The van der Waals surface area contributed by atoms with Gasteiger partial charge in [-0.1, -0.05) is 11.8 Å². The van der Waals surface area contributed by atoms with Gasteiger partial charge >= 0.3 is 0 Å². The van der Waals surface area contributed by atoms with E-state index in [1.54, 1.807) is 11.8 Å². The smallest absolute Gasteiger partial charge is 0.271 e. The fraction of sp³-hybridized carbons (Fsp3) is 0.500. The molecule has 120 valence electrons. The van der Waals surface area contributed by atoms with E-state index in [4.69, 9.17) is 10.6 Å². The zero-order chi connectivity index (χ0) is 16.1. The van der Waals surface area contributed by atoms with Crippen LogP contribution in [0.2, 0.25) is 0 Å². The summed E-state index contributed by atoms with van der Waals surface area (Å²) in [5.41, 5.74) is 1.78. The molecule has 2 heterocycles. The van der Waals surface area contributed by atoms with Crippen molar-refractivity contribution >= 4 is 17.7 Å². The molecule has 22 heavy (non-hydrogen) atoms. The quantitative estimate of drug-likeness (QED) is 0.406. The summed E-state index contributed by atoms with van der Waals surface area (Å²) in [5.74, 6) is 6.48. The first-order chi connectivity index (χ1) is 10.5. The number of amides is 1. The minimum atomic E-state index is -0.113. The van der Waals surface area contributed by atoms with Crippen molar-refractivity contribution in [2.45, 2.75) is 19.0 Å². The molecule has 0 bridgehead atoms. The summed E-state index contributed by atoms with van der Waals surface area (Å²) in [5, 5.41) is 15.5. The van der Waals surface area contributed by atoms with Crippen molar-refractivity contribution in [2.75, 3.05) is 31.9 Å². The molecule has 0 aliphatic carbocycles. The lowest BCUT2D eigenvalue weighted by Gasteiger charge is -2.05. The summed E-state index contributed by atoms with van der Waals surface area (Å²) in [6, 6.07) is 1.92. The van der Waals surface area contributed by atoms with E-state index in [1.807, 2.05) is 19.9 Å². The first kappa shape index (κ1) is 16.3. The molecule has 1 amide bonds. The van der Waals surface area contributed by atoms with Crippen molar-refractivity contribution in [3.8, 4) is 5.95 Å². The molecule has 9 nitrogen and oxygen atoms in total. The largest absolute Gasteiger partial charge is 0.383 e. The van der Waals surface area contributed by atoms with Crippen molar-refractivity contribution in [2.24, 2.45) is 0 Å². The van der Waals surface area contributed by atoms with Crippen molar-refractivity contribution < 1.29 is 9.53 Å². The van der Waals surface area contributed by atoms with E-state index in [2.05, 4.69) is 20.6 Å². The fourth-order valence-corrected chi connectivity index (χ4v) is 2.50. The van der Waals surface area contributed by atoms with Crippen LogP contribution >= 0.6 is 11.8 Å². The molecule has 3 N–H and O–H groups in total. The Hall–Kier alpha value is -2.07. The number of nitrogens with zero attached hydrogens (tertiary/aromatic N) is 5. The van der Waals surface area contributed by atoms with Crippen LogP contribution in [0.4, 0.5) is 0 Å². The van der Waals surface area contributed by atoms with Gasteiger partial charge in [0.15, 0.2) is 0 Å². The predicted molar refractivity (Wildman–Crippen MR) is 82.4 cm³/mol. The monoisotopic (exact) mass is 325 g/mol. The number of carbonyl (C=O) groups is 1. The Morgan fingerprint density at radius 3 is 2.86 bits per heavy atom. The molecule has 0 saturated heterocycles. The summed E-state index contributed by atoms with van der Waals surface area (Å²) in [7, 11) is 1.58. The Bertz CT molecular complexity index is 652. The summed E-state index contributed by atoms with van der Waals surface area (Å²) in [4.78, 5) is 11.6. The Morgan fingerprint density at radius 2 is 2.23 bits per heavy atom. The fourth-order valence-electron chi connectivity index (χ4n) is 1.82. The van der Waals surface area contributed by atoms with E-state index in [0.29, 0.717) is 24.3 Å². The van der Waals surface area contributed by atoms with Crippen LogP contribution in [-0.2, 0) is 9.53 Å². The molecule has 10 heteroatoms. The van der Waals surface area contributed by atoms with Crippen LogP contribution in [0.5, 0.6) is 0 Å². The summed E-state index contributed by atoms with van der Waals surface area (Å²) in [6.45, 7) is 4.75. The van der Waals surface area contributed by atoms with Gasteiger partial charge in [-0.05, 0) is 19.9 Å². The molecule has 2 rings (SSSR count). The van der Waals surface area contributed by atoms with Gasteiger partial charge in [0.2, 0.25) is 11.1 Å². The van der Waals surface area contributed by atoms with Crippen molar-refractivity contribution in [3.05, 3.63) is 17.5 Å². The van der Waals surface area contributed by atoms with Crippen LogP contribution in [0.15, 0.2) is 11.2 Å². The SMILES string of the molecule is COCCNC(=O)CSc1nnc(-n2nc(C)cc2C)n1N. The van der Waals surface area contributed by atoms with Crippen LogP contribution in [-0.4, -0.2) is 56.6 Å². The molecular weight excluding hydrogens is 306 g/mol. The van der Waals surface area contributed by atoms with Crippen molar-refractivity contribution in [3.63, 3.8) is 0 Å². The zero-order valence-corrected chi connectivity index (χ0v) is 13.6. The summed E-state index contributed by atoms with van der Waals surface area (Å²) in [6.07, 6.45) is 0. The molecule has 0 aliphatic heterocycles. The first-order valence-corrected chi connectivity index (χ1v) is 7.64. The van der Waals surface area contributed by atoms with Crippen molar-refractivity contribution in [1.29, 1.82) is 0 Å². The maximum Gasteiger partial charge on any atom is 0.271 e. The molecule has 2 aromatic rings. The van der Waals surface area contributed by atoms with E-state index < -0.39 is 0 Å². The third kappa shape index (κ3) is 3.77. The molecule has 0 fully saturated rings. The van der Waals surface area contributed by atoms with Crippen molar-refractivity contribution in [1.82, 2.24) is 30.0 Å². The number of rotatable bonds is 7. The molecule has 0 spiro atoms. The highest BCUT2D eigenvalue weighted by molar-refractivity contribution is 7.99.